The second-order valence-corrected chi connectivity index (χ2v) is 6.67. The van der Waals surface area contributed by atoms with Gasteiger partial charge in [-0.3, -0.25) is 0 Å². The van der Waals surface area contributed by atoms with E-state index in [4.69, 9.17) is 17.3 Å². The molecule has 0 spiro atoms. The zero-order valence-corrected chi connectivity index (χ0v) is 11.6. The first-order chi connectivity index (χ1) is 7.08. The first kappa shape index (κ1) is 11.8. The zero-order chi connectivity index (χ0) is 11.0. The van der Waals surface area contributed by atoms with Gasteiger partial charge in [0.05, 0.1) is 0 Å². The highest BCUT2D eigenvalue weighted by Gasteiger charge is 2.22. The van der Waals surface area contributed by atoms with E-state index < -0.39 is 0 Å². The van der Waals surface area contributed by atoms with E-state index >= 15 is 0 Å². The highest BCUT2D eigenvalue weighted by Crippen LogP contribution is 2.38. The number of thioether (sulfide) groups is 1. The van der Waals surface area contributed by atoms with E-state index in [1.807, 2.05) is 17.8 Å². The Kier molecular flexibility index (Phi) is 3.66. The van der Waals surface area contributed by atoms with Crippen LogP contribution in [0.1, 0.15) is 30.5 Å². The third-order valence-corrected chi connectivity index (χ3v) is 4.70. The summed E-state index contributed by atoms with van der Waals surface area (Å²) in [6.45, 7) is 2.22. The standard InChI is InChI=1S/C11H13BrClNS/c1-6-2-11(14)8-3-7(12)4-10(13)9(8)5-15-6/h3-4,6,11H,2,5,14H2,1H3/t6?,11-/m1/s1. The van der Waals surface area contributed by atoms with Crippen LogP contribution in [-0.2, 0) is 5.75 Å². The number of rotatable bonds is 0. The van der Waals surface area contributed by atoms with Crippen LogP contribution in [0.3, 0.4) is 0 Å². The van der Waals surface area contributed by atoms with E-state index in [0.717, 1.165) is 21.7 Å². The van der Waals surface area contributed by atoms with Crippen LogP contribution in [-0.4, -0.2) is 5.25 Å². The average molecular weight is 307 g/mol. The summed E-state index contributed by atoms with van der Waals surface area (Å²) in [5.41, 5.74) is 8.59. The lowest BCUT2D eigenvalue weighted by Gasteiger charge is -2.14. The number of hydrogen-bond acceptors (Lipinski definition) is 2. The molecule has 2 atom stereocenters. The Labute approximate surface area is 108 Å². The minimum Gasteiger partial charge on any atom is -0.324 e. The Morgan fingerprint density at radius 2 is 2.27 bits per heavy atom. The van der Waals surface area contributed by atoms with Gasteiger partial charge in [0.15, 0.2) is 0 Å². The molecule has 0 radical (unpaired) electrons. The van der Waals surface area contributed by atoms with Crippen LogP contribution in [0.4, 0.5) is 0 Å². The highest BCUT2D eigenvalue weighted by atomic mass is 79.9. The van der Waals surface area contributed by atoms with Crippen LogP contribution in [0.15, 0.2) is 16.6 Å². The molecule has 1 aliphatic rings. The van der Waals surface area contributed by atoms with Gasteiger partial charge in [-0.15, -0.1) is 0 Å². The minimum atomic E-state index is 0.111. The van der Waals surface area contributed by atoms with Gasteiger partial charge in [-0.25, -0.2) is 0 Å². The Bertz CT molecular complexity index is 383. The van der Waals surface area contributed by atoms with E-state index in [-0.39, 0.29) is 6.04 Å². The van der Waals surface area contributed by atoms with Gasteiger partial charge < -0.3 is 5.73 Å². The molecule has 1 heterocycles. The van der Waals surface area contributed by atoms with Crippen LogP contribution in [0.2, 0.25) is 5.02 Å². The lowest BCUT2D eigenvalue weighted by atomic mass is 9.99. The number of nitrogens with two attached hydrogens (primary N) is 1. The molecule has 0 bridgehead atoms. The molecule has 0 aliphatic carbocycles. The third kappa shape index (κ3) is 2.52. The lowest BCUT2D eigenvalue weighted by Crippen LogP contribution is -2.14. The molecule has 1 aliphatic heterocycles. The summed E-state index contributed by atoms with van der Waals surface area (Å²) in [5.74, 6) is 0.969. The summed E-state index contributed by atoms with van der Waals surface area (Å²) in [6, 6.07) is 4.16. The SMILES string of the molecule is CC1C[C@@H](N)c2cc(Br)cc(Cl)c2CS1. The molecule has 0 aromatic heterocycles. The Morgan fingerprint density at radius 1 is 1.53 bits per heavy atom. The smallest absolute Gasteiger partial charge is 0.0460 e. The topological polar surface area (TPSA) is 26.0 Å². The predicted octanol–water partition coefficient (Wildman–Crippen LogP) is 4.13. The molecule has 0 amide bonds. The molecule has 0 saturated carbocycles. The normalized spacial score (nSPS) is 25.9. The maximum Gasteiger partial charge on any atom is 0.0460 e. The van der Waals surface area contributed by atoms with Crippen molar-refractivity contribution in [2.24, 2.45) is 5.73 Å². The molecule has 1 unspecified atom stereocenters. The van der Waals surface area contributed by atoms with Crippen LogP contribution < -0.4 is 5.73 Å². The molecule has 0 saturated heterocycles. The Balaban J connectivity index is 2.48. The van der Waals surface area contributed by atoms with Crippen molar-refractivity contribution >= 4 is 39.3 Å². The van der Waals surface area contributed by atoms with Crippen molar-refractivity contribution in [3.05, 3.63) is 32.8 Å². The molecule has 2 N–H and O–H groups in total. The zero-order valence-electron chi connectivity index (χ0n) is 8.47. The van der Waals surface area contributed by atoms with E-state index in [1.165, 1.54) is 11.1 Å². The largest absolute Gasteiger partial charge is 0.324 e. The van der Waals surface area contributed by atoms with Crippen molar-refractivity contribution in [3.8, 4) is 0 Å². The quantitative estimate of drug-likeness (QED) is 0.780. The molecule has 1 aromatic rings. The summed E-state index contributed by atoms with van der Waals surface area (Å²) in [5, 5.41) is 1.43. The molecule has 15 heavy (non-hydrogen) atoms. The number of benzene rings is 1. The Morgan fingerprint density at radius 3 is 3.00 bits per heavy atom. The Hall–Kier alpha value is 0.300. The lowest BCUT2D eigenvalue weighted by molar-refractivity contribution is 0.651. The maximum atomic E-state index is 6.23. The van der Waals surface area contributed by atoms with Crippen molar-refractivity contribution in [3.63, 3.8) is 0 Å². The summed E-state index contributed by atoms with van der Waals surface area (Å²) in [7, 11) is 0. The van der Waals surface area contributed by atoms with Crippen LogP contribution in [0.5, 0.6) is 0 Å². The van der Waals surface area contributed by atoms with Crippen molar-refractivity contribution in [2.75, 3.05) is 0 Å². The fraction of sp³-hybridized carbons (Fsp3) is 0.455. The van der Waals surface area contributed by atoms with E-state index in [0.29, 0.717) is 5.25 Å². The summed E-state index contributed by atoms with van der Waals surface area (Å²) < 4.78 is 1.02. The van der Waals surface area contributed by atoms with Gasteiger partial charge in [-0.05, 0) is 29.7 Å². The second-order valence-electron chi connectivity index (χ2n) is 3.92. The maximum absolute atomic E-state index is 6.23. The van der Waals surface area contributed by atoms with Crippen LogP contribution in [0.25, 0.3) is 0 Å². The van der Waals surface area contributed by atoms with Crippen molar-refractivity contribution in [2.45, 2.75) is 30.4 Å². The van der Waals surface area contributed by atoms with Gasteiger partial charge in [0.1, 0.15) is 0 Å². The van der Waals surface area contributed by atoms with Crippen molar-refractivity contribution in [1.82, 2.24) is 0 Å². The molecule has 0 fully saturated rings. The van der Waals surface area contributed by atoms with Gasteiger partial charge in [0.25, 0.3) is 0 Å². The monoisotopic (exact) mass is 305 g/mol. The number of fused-ring (bicyclic) bond motifs is 1. The van der Waals surface area contributed by atoms with Gasteiger partial charge in [0, 0.05) is 26.5 Å². The fourth-order valence-corrected chi connectivity index (χ4v) is 3.98. The molecular formula is C11H13BrClNS. The van der Waals surface area contributed by atoms with E-state index in [9.17, 15) is 0 Å². The van der Waals surface area contributed by atoms with Crippen LogP contribution in [0, 0.1) is 0 Å². The second kappa shape index (κ2) is 4.66. The fourth-order valence-electron chi connectivity index (χ4n) is 1.88. The van der Waals surface area contributed by atoms with E-state index in [2.05, 4.69) is 28.9 Å². The first-order valence-corrected chi connectivity index (χ1v) is 7.15. The first-order valence-electron chi connectivity index (χ1n) is 4.93. The van der Waals surface area contributed by atoms with E-state index in [1.54, 1.807) is 0 Å². The van der Waals surface area contributed by atoms with Crippen molar-refractivity contribution in [1.29, 1.82) is 0 Å². The number of halogens is 2. The molecule has 82 valence electrons. The summed E-state index contributed by atoms with van der Waals surface area (Å²) >= 11 is 11.6. The average Bonchev–Trinajstić information content (AvgIpc) is 2.27. The van der Waals surface area contributed by atoms with Crippen LogP contribution >= 0.6 is 39.3 Å². The van der Waals surface area contributed by atoms with Crippen molar-refractivity contribution < 1.29 is 0 Å². The third-order valence-electron chi connectivity index (χ3n) is 2.69. The molecule has 1 nitrogen and oxygen atoms in total. The summed E-state index contributed by atoms with van der Waals surface area (Å²) in [4.78, 5) is 0. The van der Waals surface area contributed by atoms with Gasteiger partial charge in [0.2, 0.25) is 0 Å². The highest BCUT2D eigenvalue weighted by molar-refractivity contribution is 9.10. The van der Waals surface area contributed by atoms with Gasteiger partial charge in [-0.1, -0.05) is 34.5 Å². The minimum absolute atomic E-state index is 0.111. The molecule has 4 heteroatoms. The molecule has 2 rings (SSSR count). The molecular weight excluding hydrogens is 294 g/mol. The van der Waals surface area contributed by atoms with Gasteiger partial charge >= 0.3 is 0 Å². The molecule has 1 aromatic carbocycles. The predicted molar refractivity (Wildman–Crippen MR) is 71.5 cm³/mol. The summed E-state index contributed by atoms with van der Waals surface area (Å²) in [6.07, 6.45) is 1.02. The number of hydrogen-bond donors (Lipinski definition) is 1. The van der Waals surface area contributed by atoms with Gasteiger partial charge in [-0.2, -0.15) is 11.8 Å².